The Morgan fingerprint density at radius 2 is 1.96 bits per heavy atom. The predicted molar refractivity (Wildman–Crippen MR) is 101 cm³/mol. The molecule has 2 aromatic heterocycles. The first-order chi connectivity index (χ1) is 12.6. The van der Waals surface area contributed by atoms with Gasteiger partial charge in [0.1, 0.15) is 11.6 Å². The molecule has 26 heavy (non-hydrogen) atoms. The van der Waals surface area contributed by atoms with Gasteiger partial charge in [-0.15, -0.1) is 0 Å². The number of hydrogen-bond donors (Lipinski definition) is 0. The lowest BCUT2D eigenvalue weighted by molar-refractivity contribution is 0.414. The number of benzene rings is 1. The quantitative estimate of drug-likeness (QED) is 0.612. The summed E-state index contributed by atoms with van der Waals surface area (Å²) < 4.78 is 7.21. The zero-order valence-electron chi connectivity index (χ0n) is 14.8. The number of anilines is 2. The van der Waals surface area contributed by atoms with Crippen molar-refractivity contribution in [1.29, 1.82) is 0 Å². The molecule has 6 nitrogen and oxygen atoms in total. The second-order valence-corrected chi connectivity index (χ2v) is 6.78. The topological polar surface area (TPSA) is 56.1 Å². The van der Waals surface area contributed by atoms with Crippen LogP contribution in [0.1, 0.15) is 30.0 Å². The lowest BCUT2D eigenvalue weighted by Crippen LogP contribution is -2.18. The Bertz CT molecular complexity index is 905. The molecule has 2 heterocycles. The van der Waals surface area contributed by atoms with Crippen LogP contribution in [0.2, 0.25) is 5.28 Å². The van der Waals surface area contributed by atoms with Gasteiger partial charge in [-0.05, 0) is 48.2 Å². The van der Waals surface area contributed by atoms with Gasteiger partial charge in [0.2, 0.25) is 5.28 Å². The highest BCUT2D eigenvalue weighted by molar-refractivity contribution is 6.28. The molecule has 0 saturated heterocycles. The summed E-state index contributed by atoms with van der Waals surface area (Å²) in [5, 5.41) is 4.95. The molecular formula is C19H20ClN5O. The van der Waals surface area contributed by atoms with Crippen LogP contribution >= 0.6 is 11.6 Å². The summed E-state index contributed by atoms with van der Waals surface area (Å²) in [4.78, 5) is 10.4. The molecule has 0 unspecified atom stereocenters. The minimum Gasteiger partial charge on any atom is -0.497 e. The fraction of sp³-hybridized carbons (Fsp3) is 0.316. The molecule has 4 rings (SSSR count). The van der Waals surface area contributed by atoms with Gasteiger partial charge in [0.05, 0.1) is 13.7 Å². The standard InChI is InChI=1S/C19H20ClN5O/c1-24-16(14-5-6-14)11-18(23-24)25(17-9-10-21-19(20)22-17)12-13-3-7-15(26-2)8-4-13/h3-4,7-11,14H,5-6,12H2,1-2H3. The minimum absolute atomic E-state index is 0.223. The van der Waals surface area contributed by atoms with E-state index in [0.29, 0.717) is 12.5 Å². The highest BCUT2D eigenvalue weighted by Crippen LogP contribution is 2.41. The van der Waals surface area contributed by atoms with Gasteiger partial charge in [-0.3, -0.25) is 4.68 Å². The average Bonchev–Trinajstić information content (AvgIpc) is 3.42. The van der Waals surface area contributed by atoms with E-state index in [9.17, 15) is 0 Å². The summed E-state index contributed by atoms with van der Waals surface area (Å²) in [6, 6.07) is 12.0. The van der Waals surface area contributed by atoms with E-state index in [1.807, 2.05) is 42.1 Å². The van der Waals surface area contributed by atoms with Crippen molar-refractivity contribution in [2.45, 2.75) is 25.3 Å². The van der Waals surface area contributed by atoms with Crippen LogP contribution in [0.15, 0.2) is 42.6 Å². The van der Waals surface area contributed by atoms with Crippen molar-refractivity contribution in [2.75, 3.05) is 12.0 Å². The first-order valence-corrected chi connectivity index (χ1v) is 8.95. The van der Waals surface area contributed by atoms with Crippen LogP contribution in [-0.4, -0.2) is 26.9 Å². The maximum absolute atomic E-state index is 6.02. The van der Waals surface area contributed by atoms with Crippen molar-refractivity contribution in [3.05, 3.63) is 59.1 Å². The molecule has 0 N–H and O–H groups in total. The van der Waals surface area contributed by atoms with Gasteiger partial charge in [0, 0.05) is 30.9 Å². The Labute approximate surface area is 157 Å². The second kappa shape index (κ2) is 6.96. The monoisotopic (exact) mass is 369 g/mol. The average molecular weight is 370 g/mol. The van der Waals surface area contributed by atoms with E-state index < -0.39 is 0 Å². The Balaban J connectivity index is 1.70. The zero-order chi connectivity index (χ0) is 18.1. The van der Waals surface area contributed by atoms with Crippen LogP contribution in [0.4, 0.5) is 11.6 Å². The van der Waals surface area contributed by atoms with Crippen molar-refractivity contribution in [3.63, 3.8) is 0 Å². The van der Waals surface area contributed by atoms with E-state index in [1.165, 1.54) is 18.5 Å². The van der Waals surface area contributed by atoms with Gasteiger partial charge >= 0.3 is 0 Å². The molecule has 7 heteroatoms. The van der Waals surface area contributed by atoms with Crippen molar-refractivity contribution in [1.82, 2.24) is 19.7 Å². The summed E-state index contributed by atoms with van der Waals surface area (Å²) >= 11 is 6.02. The van der Waals surface area contributed by atoms with Crippen LogP contribution in [0.5, 0.6) is 5.75 Å². The largest absolute Gasteiger partial charge is 0.497 e. The molecule has 0 atom stereocenters. The molecule has 1 aromatic carbocycles. The van der Waals surface area contributed by atoms with Crippen molar-refractivity contribution in [2.24, 2.45) is 7.05 Å². The van der Waals surface area contributed by atoms with E-state index in [1.54, 1.807) is 13.3 Å². The highest BCUT2D eigenvalue weighted by atomic mass is 35.5. The smallest absolute Gasteiger partial charge is 0.224 e. The SMILES string of the molecule is COc1ccc(CN(c2ccnc(Cl)n2)c2cc(C3CC3)n(C)n2)cc1. The van der Waals surface area contributed by atoms with E-state index in [4.69, 9.17) is 21.4 Å². The Kier molecular flexibility index (Phi) is 4.51. The number of ether oxygens (including phenoxy) is 1. The Morgan fingerprint density at radius 1 is 1.19 bits per heavy atom. The molecule has 0 spiro atoms. The maximum atomic E-state index is 6.02. The van der Waals surface area contributed by atoms with Gasteiger partial charge < -0.3 is 9.64 Å². The van der Waals surface area contributed by atoms with E-state index >= 15 is 0 Å². The molecule has 0 radical (unpaired) electrons. The van der Waals surface area contributed by atoms with E-state index in [-0.39, 0.29) is 5.28 Å². The molecule has 134 valence electrons. The first-order valence-electron chi connectivity index (χ1n) is 8.57. The third-order valence-electron chi connectivity index (χ3n) is 4.56. The van der Waals surface area contributed by atoms with E-state index in [2.05, 4.69) is 20.9 Å². The highest BCUT2D eigenvalue weighted by Gasteiger charge is 2.28. The molecule has 0 amide bonds. The fourth-order valence-corrected chi connectivity index (χ4v) is 3.17. The number of nitrogens with zero attached hydrogens (tertiary/aromatic N) is 5. The molecule has 3 aromatic rings. The maximum Gasteiger partial charge on any atom is 0.224 e. The number of methoxy groups -OCH3 is 1. The van der Waals surface area contributed by atoms with Crippen LogP contribution in [0.3, 0.4) is 0 Å². The number of aryl methyl sites for hydroxylation is 1. The van der Waals surface area contributed by atoms with Crippen molar-refractivity contribution in [3.8, 4) is 5.75 Å². The predicted octanol–water partition coefficient (Wildman–Crippen LogP) is 4.09. The Morgan fingerprint density at radius 3 is 2.62 bits per heavy atom. The molecule has 1 aliphatic rings. The van der Waals surface area contributed by atoms with Crippen LogP contribution in [-0.2, 0) is 13.6 Å². The first kappa shape index (κ1) is 16.8. The van der Waals surface area contributed by atoms with Crippen LogP contribution in [0, 0.1) is 0 Å². The van der Waals surface area contributed by atoms with Crippen molar-refractivity contribution >= 4 is 23.2 Å². The number of halogens is 1. The van der Waals surface area contributed by atoms with Crippen LogP contribution in [0.25, 0.3) is 0 Å². The lowest BCUT2D eigenvalue weighted by atomic mass is 10.2. The summed E-state index contributed by atoms with van der Waals surface area (Å²) in [5.74, 6) is 3.04. The summed E-state index contributed by atoms with van der Waals surface area (Å²) in [7, 11) is 3.66. The van der Waals surface area contributed by atoms with Crippen LogP contribution < -0.4 is 9.64 Å². The number of aromatic nitrogens is 4. The van der Waals surface area contributed by atoms with E-state index in [0.717, 1.165) is 22.9 Å². The third kappa shape index (κ3) is 3.51. The van der Waals surface area contributed by atoms with Gasteiger partial charge in [-0.1, -0.05) is 12.1 Å². The number of rotatable bonds is 6. The Hall–Kier alpha value is -2.60. The third-order valence-corrected chi connectivity index (χ3v) is 4.75. The fourth-order valence-electron chi connectivity index (χ4n) is 3.03. The minimum atomic E-state index is 0.223. The van der Waals surface area contributed by atoms with Gasteiger partial charge in [-0.2, -0.15) is 5.10 Å². The van der Waals surface area contributed by atoms with Gasteiger partial charge in [-0.25, -0.2) is 9.97 Å². The van der Waals surface area contributed by atoms with Gasteiger partial charge in [0.25, 0.3) is 0 Å². The molecule has 0 aliphatic heterocycles. The van der Waals surface area contributed by atoms with Gasteiger partial charge in [0.15, 0.2) is 5.82 Å². The molecule has 1 aliphatic carbocycles. The lowest BCUT2D eigenvalue weighted by Gasteiger charge is -2.21. The normalized spacial score (nSPS) is 13.7. The van der Waals surface area contributed by atoms with Crippen molar-refractivity contribution < 1.29 is 4.74 Å². The number of hydrogen-bond acceptors (Lipinski definition) is 5. The summed E-state index contributed by atoms with van der Waals surface area (Å²) in [6.07, 6.45) is 4.13. The molecular weight excluding hydrogens is 350 g/mol. The zero-order valence-corrected chi connectivity index (χ0v) is 15.5. The molecule has 1 fully saturated rings. The summed E-state index contributed by atoms with van der Waals surface area (Å²) in [6.45, 7) is 0.623. The summed E-state index contributed by atoms with van der Waals surface area (Å²) in [5.41, 5.74) is 2.39. The second-order valence-electron chi connectivity index (χ2n) is 6.44. The molecule has 0 bridgehead atoms. The molecule has 1 saturated carbocycles.